The van der Waals surface area contributed by atoms with Crippen LogP contribution in [0.15, 0.2) is 59.8 Å². The molecule has 2 aromatic rings. The Hall–Kier alpha value is -2.92. The average Bonchev–Trinajstić information content (AvgIpc) is 2.71. The fourth-order valence-electron chi connectivity index (χ4n) is 4.80. The number of carbonyl (C=O) groups is 2. The molecule has 0 aromatic heterocycles. The molecule has 2 aliphatic rings. The third-order valence-electron chi connectivity index (χ3n) is 6.32. The molecule has 0 saturated carbocycles. The van der Waals surface area contributed by atoms with Crippen LogP contribution in [0.1, 0.15) is 55.7 Å². The van der Waals surface area contributed by atoms with Gasteiger partial charge in [-0.15, -0.1) is 0 Å². The van der Waals surface area contributed by atoms with Crippen molar-refractivity contribution in [2.75, 3.05) is 14.1 Å². The van der Waals surface area contributed by atoms with E-state index >= 15 is 0 Å². The second kappa shape index (κ2) is 8.55. The van der Waals surface area contributed by atoms with Gasteiger partial charge in [0.1, 0.15) is 12.4 Å². The van der Waals surface area contributed by atoms with Crippen LogP contribution in [0.4, 0.5) is 0 Å². The van der Waals surface area contributed by atoms with E-state index in [2.05, 4.69) is 45.0 Å². The summed E-state index contributed by atoms with van der Waals surface area (Å²) in [4.78, 5) is 26.3. The zero-order valence-electron chi connectivity index (χ0n) is 19.6. The summed E-state index contributed by atoms with van der Waals surface area (Å²) in [7, 11) is 3.71. The number of ketones is 1. The van der Waals surface area contributed by atoms with Crippen LogP contribution in [-0.2, 0) is 16.2 Å². The number of hydrazine groups is 1. The molecule has 168 valence electrons. The number of Topliss-reactive ketones (excluding diaryl/α,β-unsaturated/α-hetero) is 1. The van der Waals surface area contributed by atoms with Crippen molar-refractivity contribution in [2.45, 2.75) is 52.6 Å². The summed E-state index contributed by atoms with van der Waals surface area (Å²) >= 11 is 0. The lowest BCUT2D eigenvalue weighted by molar-refractivity contribution is -0.143. The summed E-state index contributed by atoms with van der Waals surface area (Å²) in [6, 6.07) is 16.1. The summed E-state index contributed by atoms with van der Waals surface area (Å²) in [6.45, 7) is 6.76. The Morgan fingerprint density at radius 2 is 1.66 bits per heavy atom. The highest BCUT2D eigenvalue weighted by Crippen LogP contribution is 2.47. The van der Waals surface area contributed by atoms with E-state index in [1.165, 1.54) is 5.56 Å². The van der Waals surface area contributed by atoms with Gasteiger partial charge in [-0.25, -0.2) is 10.0 Å². The van der Waals surface area contributed by atoms with Crippen LogP contribution < -0.4 is 4.74 Å². The number of rotatable bonds is 5. The summed E-state index contributed by atoms with van der Waals surface area (Å²) in [6.07, 6.45) is 1.52. The van der Waals surface area contributed by atoms with Crippen LogP contribution in [-0.4, -0.2) is 35.8 Å². The first-order chi connectivity index (χ1) is 15.1. The third-order valence-corrected chi connectivity index (χ3v) is 6.32. The first kappa shape index (κ1) is 22.3. The van der Waals surface area contributed by atoms with Crippen LogP contribution >= 0.6 is 0 Å². The van der Waals surface area contributed by atoms with Crippen molar-refractivity contribution in [1.82, 2.24) is 10.0 Å². The largest absolute Gasteiger partial charge is 0.489 e. The second-order valence-corrected chi connectivity index (χ2v) is 9.95. The predicted octanol–water partition coefficient (Wildman–Crippen LogP) is 5.01. The third kappa shape index (κ3) is 4.49. The molecule has 1 unspecified atom stereocenters. The first-order valence-corrected chi connectivity index (χ1v) is 11.2. The maximum absolute atomic E-state index is 13.2. The van der Waals surface area contributed by atoms with Gasteiger partial charge in [0.2, 0.25) is 5.91 Å². The topological polar surface area (TPSA) is 49.9 Å². The van der Waals surface area contributed by atoms with Gasteiger partial charge in [-0.3, -0.25) is 9.59 Å². The SMILES string of the molecule is Cc1ccc(COc2ccc(C3CC(=O)N(N(C)C)C4=C3C(=O)CC(C)(C)C4)cc2)cc1. The number of hydrogen-bond donors (Lipinski definition) is 0. The molecule has 0 saturated heterocycles. The molecular weight excluding hydrogens is 400 g/mol. The fourth-order valence-corrected chi connectivity index (χ4v) is 4.80. The quantitative estimate of drug-likeness (QED) is 0.666. The van der Waals surface area contributed by atoms with Gasteiger partial charge in [0.05, 0.1) is 0 Å². The minimum atomic E-state index is -0.205. The smallest absolute Gasteiger partial charge is 0.242 e. The molecule has 2 aromatic carbocycles. The van der Waals surface area contributed by atoms with Crippen molar-refractivity contribution < 1.29 is 14.3 Å². The van der Waals surface area contributed by atoms with E-state index in [0.717, 1.165) is 28.1 Å². The molecule has 1 atom stereocenters. The van der Waals surface area contributed by atoms with E-state index in [-0.39, 0.29) is 23.0 Å². The van der Waals surface area contributed by atoms with Crippen molar-refractivity contribution in [1.29, 1.82) is 0 Å². The Kier molecular flexibility index (Phi) is 5.95. The molecule has 1 amide bonds. The Morgan fingerprint density at radius 3 is 2.28 bits per heavy atom. The van der Waals surface area contributed by atoms with Crippen molar-refractivity contribution in [3.63, 3.8) is 0 Å². The summed E-state index contributed by atoms with van der Waals surface area (Å²) in [5.74, 6) is 0.754. The molecule has 0 N–H and O–H groups in total. The number of hydrogen-bond acceptors (Lipinski definition) is 4. The predicted molar refractivity (Wildman–Crippen MR) is 125 cm³/mol. The van der Waals surface area contributed by atoms with Gasteiger partial charge >= 0.3 is 0 Å². The van der Waals surface area contributed by atoms with Crippen molar-refractivity contribution in [2.24, 2.45) is 5.41 Å². The van der Waals surface area contributed by atoms with E-state index in [4.69, 9.17) is 4.74 Å². The lowest BCUT2D eigenvalue weighted by Gasteiger charge is -2.44. The van der Waals surface area contributed by atoms with E-state index in [9.17, 15) is 9.59 Å². The van der Waals surface area contributed by atoms with Gasteiger partial charge in [0.25, 0.3) is 0 Å². The number of aryl methyl sites for hydroxylation is 1. The number of benzene rings is 2. The fraction of sp³-hybridized carbons (Fsp3) is 0.407. The molecule has 1 heterocycles. The van der Waals surface area contributed by atoms with E-state index in [0.29, 0.717) is 25.9 Å². The Bertz CT molecular complexity index is 1050. The standard InChI is InChI=1S/C27H32N2O3/c1-18-6-8-19(9-7-18)17-32-21-12-10-20(11-13-21)22-14-25(31)29(28(4)5)23-15-27(2,3)16-24(30)26(22)23/h6-13,22H,14-17H2,1-5H3. The number of nitrogens with zero attached hydrogens (tertiary/aromatic N) is 2. The Balaban J connectivity index is 1.59. The number of ether oxygens (including phenoxy) is 1. The molecule has 0 radical (unpaired) electrons. The van der Waals surface area contributed by atoms with E-state index in [1.54, 1.807) is 10.0 Å². The first-order valence-electron chi connectivity index (χ1n) is 11.2. The van der Waals surface area contributed by atoms with Gasteiger partial charge in [-0.1, -0.05) is 55.8 Å². The van der Waals surface area contributed by atoms with Crippen molar-refractivity contribution >= 4 is 11.7 Å². The van der Waals surface area contributed by atoms with Crippen LogP contribution in [0, 0.1) is 12.3 Å². The highest BCUT2D eigenvalue weighted by Gasteiger charge is 2.44. The number of allylic oxidation sites excluding steroid dienone is 2. The lowest BCUT2D eigenvalue weighted by atomic mass is 9.69. The van der Waals surface area contributed by atoms with Gasteiger partial charge < -0.3 is 4.74 Å². The second-order valence-electron chi connectivity index (χ2n) is 9.95. The van der Waals surface area contributed by atoms with Crippen LogP contribution in [0.25, 0.3) is 0 Å². The maximum Gasteiger partial charge on any atom is 0.242 e. The number of carbonyl (C=O) groups excluding carboxylic acids is 2. The van der Waals surface area contributed by atoms with Crippen molar-refractivity contribution in [3.05, 3.63) is 76.5 Å². The Morgan fingerprint density at radius 1 is 1.00 bits per heavy atom. The van der Waals surface area contributed by atoms with E-state index < -0.39 is 0 Å². The maximum atomic E-state index is 13.2. The zero-order chi connectivity index (χ0) is 23.0. The normalized spacial score (nSPS) is 20.6. The lowest BCUT2D eigenvalue weighted by Crippen LogP contribution is -2.49. The van der Waals surface area contributed by atoms with Crippen molar-refractivity contribution in [3.8, 4) is 5.75 Å². The summed E-state index contributed by atoms with van der Waals surface area (Å²) in [5.41, 5.74) is 4.83. The molecule has 5 heteroatoms. The van der Waals surface area contributed by atoms with Crippen LogP contribution in [0.3, 0.4) is 0 Å². The molecule has 1 aliphatic heterocycles. The van der Waals surface area contributed by atoms with Gasteiger partial charge in [-0.2, -0.15) is 0 Å². The average molecular weight is 433 g/mol. The summed E-state index contributed by atoms with van der Waals surface area (Å²) < 4.78 is 5.94. The highest BCUT2D eigenvalue weighted by molar-refractivity contribution is 6.01. The minimum absolute atomic E-state index is 0.0314. The van der Waals surface area contributed by atoms with Crippen LogP contribution in [0.5, 0.6) is 5.75 Å². The molecule has 5 nitrogen and oxygen atoms in total. The molecule has 0 fully saturated rings. The molecule has 0 spiro atoms. The molecule has 1 aliphatic carbocycles. The highest BCUT2D eigenvalue weighted by atomic mass is 16.5. The zero-order valence-corrected chi connectivity index (χ0v) is 19.6. The molecule has 0 bridgehead atoms. The molecular formula is C27H32N2O3. The number of amides is 1. The summed E-state index contributed by atoms with van der Waals surface area (Å²) in [5, 5.41) is 3.49. The van der Waals surface area contributed by atoms with E-state index in [1.807, 2.05) is 38.4 Å². The van der Waals surface area contributed by atoms with Crippen LogP contribution in [0.2, 0.25) is 0 Å². The monoisotopic (exact) mass is 432 g/mol. The Labute approximate surface area is 190 Å². The van der Waals surface area contributed by atoms with Gasteiger partial charge in [0, 0.05) is 44.1 Å². The van der Waals surface area contributed by atoms with Gasteiger partial charge in [-0.05, 0) is 42.0 Å². The minimum Gasteiger partial charge on any atom is -0.489 e. The molecule has 4 rings (SSSR count). The van der Waals surface area contributed by atoms with Gasteiger partial charge in [0.15, 0.2) is 5.78 Å². The molecule has 32 heavy (non-hydrogen) atoms.